The lowest BCUT2D eigenvalue weighted by molar-refractivity contribution is 0.416. The highest BCUT2D eigenvalue weighted by atomic mass is 35.5. The van der Waals surface area contributed by atoms with E-state index in [1.807, 2.05) is 12.1 Å². The summed E-state index contributed by atoms with van der Waals surface area (Å²) in [5.41, 5.74) is 9.45. The van der Waals surface area contributed by atoms with Gasteiger partial charge in [0.2, 0.25) is 10.0 Å². The Morgan fingerprint density at radius 1 is 1.17 bits per heavy atom. The molecule has 1 aliphatic carbocycles. The molecule has 2 unspecified atom stereocenters. The van der Waals surface area contributed by atoms with Gasteiger partial charge in [-0.3, -0.25) is 4.72 Å². The van der Waals surface area contributed by atoms with Gasteiger partial charge in [0, 0.05) is 23.2 Å². The first kappa shape index (κ1) is 18.6. The first-order valence-corrected chi connectivity index (χ1v) is 9.28. The van der Waals surface area contributed by atoms with Gasteiger partial charge in [0.25, 0.3) is 0 Å². The largest absolute Gasteiger partial charge is 0.496 e. The van der Waals surface area contributed by atoms with Crippen molar-refractivity contribution in [3.8, 4) is 16.9 Å². The second kappa shape index (κ2) is 7.01. The minimum absolute atomic E-state index is 0. The van der Waals surface area contributed by atoms with E-state index in [0.717, 1.165) is 23.8 Å². The lowest BCUT2D eigenvalue weighted by Crippen LogP contribution is -2.09. The molecule has 5 nitrogen and oxygen atoms in total. The van der Waals surface area contributed by atoms with Crippen LogP contribution in [0.4, 0.5) is 5.69 Å². The van der Waals surface area contributed by atoms with Gasteiger partial charge in [-0.2, -0.15) is 0 Å². The van der Waals surface area contributed by atoms with Crippen LogP contribution in [-0.2, 0) is 10.0 Å². The van der Waals surface area contributed by atoms with E-state index in [1.165, 1.54) is 5.56 Å². The summed E-state index contributed by atoms with van der Waals surface area (Å²) in [6.45, 7) is 0. The number of methoxy groups -OCH3 is 1. The Morgan fingerprint density at radius 2 is 1.79 bits per heavy atom. The average Bonchev–Trinajstić information content (AvgIpc) is 3.23. The molecule has 3 rings (SSSR count). The molecule has 1 aliphatic rings. The van der Waals surface area contributed by atoms with Crippen LogP contribution >= 0.6 is 12.4 Å². The molecule has 0 spiro atoms. The Hall–Kier alpha value is -1.76. The molecule has 0 aliphatic heterocycles. The lowest BCUT2D eigenvalue weighted by Gasteiger charge is -2.12. The molecule has 24 heavy (non-hydrogen) atoms. The molecule has 1 saturated carbocycles. The summed E-state index contributed by atoms with van der Waals surface area (Å²) in [5.74, 6) is 1.16. The molecule has 2 atom stereocenters. The van der Waals surface area contributed by atoms with Gasteiger partial charge in [-0.05, 0) is 35.7 Å². The fourth-order valence-corrected chi connectivity index (χ4v) is 3.27. The van der Waals surface area contributed by atoms with E-state index in [-0.39, 0.29) is 18.4 Å². The molecular weight excluding hydrogens is 348 g/mol. The highest BCUT2D eigenvalue weighted by Crippen LogP contribution is 2.40. The van der Waals surface area contributed by atoms with E-state index in [0.29, 0.717) is 17.4 Å². The van der Waals surface area contributed by atoms with Gasteiger partial charge in [-0.15, -0.1) is 12.4 Å². The summed E-state index contributed by atoms with van der Waals surface area (Å²) in [4.78, 5) is 0. The second-order valence-corrected chi connectivity index (χ2v) is 7.67. The van der Waals surface area contributed by atoms with Crippen molar-refractivity contribution in [2.24, 2.45) is 5.73 Å². The van der Waals surface area contributed by atoms with Crippen molar-refractivity contribution in [1.82, 2.24) is 0 Å². The Bertz CT molecular complexity index is 822. The fourth-order valence-electron chi connectivity index (χ4n) is 2.72. The van der Waals surface area contributed by atoms with Gasteiger partial charge in [0.1, 0.15) is 5.75 Å². The van der Waals surface area contributed by atoms with Gasteiger partial charge in [0.05, 0.1) is 13.4 Å². The van der Waals surface area contributed by atoms with Crippen molar-refractivity contribution >= 4 is 28.1 Å². The first-order valence-electron chi connectivity index (χ1n) is 7.39. The van der Waals surface area contributed by atoms with Crippen LogP contribution in [0.25, 0.3) is 11.1 Å². The maximum atomic E-state index is 11.4. The monoisotopic (exact) mass is 368 g/mol. The van der Waals surface area contributed by atoms with Crippen LogP contribution in [0.15, 0.2) is 42.5 Å². The van der Waals surface area contributed by atoms with Gasteiger partial charge >= 0.3 is 0 Å². The van der Waals surface area contributed by atoms with E-state index in [9.17, 15) is 8.42 Å². The average molecular weight is 369 g/mol. The van der Waals surface area contributed by atoms with Gasteiger partial charge in [-0.25, -0.2) is 8.42 Å². The Kier molecular flexibility index (Phi) is 5.42. The Morgan fingerprint density at radius 3 is 2.29 bits per heavy atom. The van der Waals surface area contributed by atoms with Crippen molar-refractivity contribution in [3.05, 3.63) is 48.0 Å². The van der Waals surface area contributed by atoms with E-state index < -0.39 is 10.0 Å². The number of halogens is 1. The minimum Gasteiger partial charge on any atom is -0.496 e. The summed E-state index contributed by atoms with van der Waals surface area (Å²) in [6.07, 6.45) is 2.17. The van der Waals surface area contributed by atoms with Crippen LogP contribution in [-0.4, -0.2) is 27.8 Å². The van der Waals surface area contributed by atoms with E-state index >= 15 is 0 Å². The van der Waals surface area contributed by atoms with Gasteiger partial charge in [-0.1, -0.05) is 24.3 Å². The topological polar surface area (TPSA) is 81.4 Å². The third-order valence-corrected chi connectivity index (χ3v) is 4.60. The number of hydrogen-bond donors (Lipinski definition) is 2. The third-order valence-electron chi connectivity index (χ3n) is 3.99. The first-order chi connectivity index (χ1) is 10.9. The lowest BCUT2D eigenvalue weighted by atomic mass is 10.0. The smallest absolute Gasteiger partial charge is 0.229 e. The molecule has 0 saturated heterocycles. The number of sulfonamides is 1. The fraction of sp³-hybridized carbons (Fsp3) is 0.294. The highest BCUT2D eigenvalue weighted by molar-refractivity contribution is 7.92. The number of anilines is 1. The molecule has 3 N–H and O–H groups in total. The van der Waals surface area contributed by atoms with Gasteiger partial charge in [0.15, 0.2) is 0 Å². The number of rotatable bonds is 5. The maximum Gasteiger partial charge on any atom is 0.229 e. The molecular formula is C17H21ClN2O3S. The number of nitrogens with one attached hydrogen (secondary N) is 1. The molecule has 0 amide bonds. The molecule has 0 radical (unpaired) electrons. The standard InChI is InChI=1S/C17H20N2O3S.ClH/c1-22-17-8-7-13(19-23(2,20)21)9-15(17)12-5-3-11(4-6-12)14-10-16(14)18;/h3-9,14,16,19H,10,18H2,1-2H3;1H. The summed E-state index contributed by atoms with van der Waals surface area (Å²) < 4.78 is 30.7. The zero-order valence-electron chi connectivity index (χ0n) is 13.5. The van der Waals surface area contributed by atoms with E-state index in [2.05, 4.69) is 16.9 Å². The summed E-state index contributed by atoms with van der Waals surface area (Å²) in [7, 11) is -1.72. The quantitative estimate of drug-likeness (QED) is 0.850. The van der Waals surface area contributed by atoms with Crippen LogP contribution < -0.4 is 15.2 Å². The SMILES string of the molecule is COc1ccc(NS(C)(=O)=O)cc1-c1ccc(C2CC2N)cc1.Cl. The van der Waals surface area contributed by atoms with Gasteiger partial charge < -0.3 is 10.5 Å². The zero-order valence-corrected chi connectivity index (χ0v) is 15.2. The van der Waals surface area contributed by atoms with Crippen LogP contribution in [0, 0.1) is 0 Å². The maximum absolute atomic E-state index is 11.4. The zero-order chi connectivity index (χ0) is 16.6. The number of nitrogens with two attached hydrogens (primary N) is 1. The van der Waals surface area contributed by atoms with Crippen LogP contribution in [0.1, 0.15) is 17.9 Å². The molecule has 7 heteroatoms. The molecule has 1 fully saturated rings. The molecule has 2 aromatic rings. The predicted octanol–water partition coefficient (Wildman–Crippen LogP) is 2.97. The highest BCUT2D eigenvalue weighted by Gasteiger charge is 2.34. The Balaban J connectivity index is 0.00000208. The van der Waals surface area contributed by atoms with Crippen LogP contribution in [0.3, 0.4) is 0 Å². The van der Waals surface area contributed by atoms with Crippen LogP contribution in [0.5, 0.6) is 5.75 Å². The third kappa shape index (κ3) is 4.20. The van der Waals surface area contributed by atoms with E-state index in [4.69, 9.17) is 10.5 Å². The van der Waals surface area contributed by atoms with Crippen molar-refractivity contribution in [3.63, 3.8) is 0 Å². The summed E-state index contributed by atoms with van der Waals surface area (Å²) in [5, 5.41) is 0. The number of ether oxygens (including phenoxy) is 1. The Labute approximate surface area is 148 Å². The molecule has 0 bridgehead atoms. The second-order valence-electron chi connectivity index (χ2n) is 5.92. The van der Waals surface area contributed by atoms with Crippen molar-refractivity contribution in [2.45, 2.75) is 18.4 Å². The molecule has 0 aromatic heterocycles. The molecule has 130 valence electrons. The van der Waals surface area contributed by atoms with Crippen LogP contribution in [0.2, 0.25) is 0 Å². The normalized spacial score (nSPS) is 19.3. The number of hydrogen-bond acceptors (Lipinski definition) is 4. The van der Waals surface area contributed by atoms with Crippen molar-refractivity contribution < 1.29 is 13.2 Å². The molecule has 0 heterocycles. The van der Waals surface area contributed by atoms with E-state index in [1.54, 1.807) is 25.3 Å². The minimum atomic E-state index is -3.32. The molecule has 2 aromatic carbocycles. The number of benzene rings is 2. The van der Waals surface area contributed by atoms with Crippen molar-refractivity contribution in [1.29, 1.82) is 0 Å². The predicted molar refractivity (Wildman–Crippen MR) is 99.5 cm³/mol. The van der Waals surface area contributed by atoms with Crippen molar-refractivity contribution in [2.75, 3.05) is 18.1 Å². The summed E-state index contributed by atoms with van der Waals surface area (Å²) in [6, 6.07) is 13.7. The summed E-state index contributed by atoms with van der Waals surface area (Å²) >= 11 is 0.